The Labute approximate surface area is 121 Å². The third-order valence-corrected chi connectivity index (χ3v) is 2.47. The van der Waals surface area contributed by atoms with Gasteiger partial charge in [-0.25, -0.2) is 0 Å². The van der Waals surface area contributed by atoms with Crippen molar-refractivity contribution in [3.05, 3.63) is 48.2 Å². The van der Waals surface area contributed by atoms with Crippen LogP contribution >= 0.6 is 0 Å². The fraction of sp³-hybridized carbons (Fsp3) is 0.353. The molecular weight excluding hydrogens is 250 g/mol. The van der Waals surface area contributed by atoms with Crippen LogP contribution in [-0.2, 0) is 0 Å². The largest absolute Gasteiger partial charge is 0.464 e. The van der Waals surface area contributed by atoms with Crippen molar-refractivity contribution in [2.24, 2.45) is 0 Å². The van der Waals surface area contributed by atoms with Crippen LogP contribution in [0.25, 0.3) is 11.3 Å². The van der Waals surface area contributed by atoms with E-state index in [2.05, 4.69) is 19.2 Å². The molecule has 1 aromatic heterocycles. The van der Waals surface area contributed by atoms with Crippen LogP contribution in [0, 0.1) is 0 Å². The molecule has 20 heavy (non-hydrogen) atoms. The minimum Gasteiger partial charge on any atom is -0.464 e. The Morgan fingerprint density at radius 2 is 1.90 bits per heavy atom. The topological polar surface area (TPSA) is 42.2 Å². The zero-order chi connectivity index (χ0) is 14.8. The van der Waals surface area contributed by atoms with Gasteiger partial charge in [0.25, 0.3) is 5.91 Å². The summed E-state index contributed by atoms with van der Waals surface area (Å²) in [6.45, 7) is 6.98. The van der Waals surface area contributed by atoms with Crippen LogP contribution in [0.3, 0.4) is 0 Å². The predicted octanol–water partition coefficient (Wildman–Crippen LogP) is 4.50. The predicted molar refractivity (Wildman–Crippen MR) is 82.7 cm³/mol. The van der Waals surface area contributed by atoms with Crippen molar-refractivity contribution in [3.63, 3.8) is 0 Å². The molecule has 1 aromatic carbocycles. The van der Waals surface area contributed by atoms with Crippen molar-refractivity contribution in [1.82, 2.24) is 5.32 Å². The molecule has 1 amide bonds. The number of carbonyl (C=O) groups is 1. The van der Waals surface area contributed by atoms with E-state index in [1.54, 1.807) is 12.3 Å². The van der Waals surface area contributed by atoms with Crippen LogP contribution in [0.1, 0.15) is 44.0 Å². The lowest BCUT2D eigenvalue weighted by molar-refractivity contribution is 0.0953. The van der Waals surface area contributed by atoms with Crippen LogP contribution in [0.4, 0.5) is 0 Å². The van der Waals surface area contributed by atoms with Gasteiger partial charge in [0.15, 0.2) is 0 Å². The average Bonchev–Trinajstić information content (AvgIpc) is 3.00. The summed E-state index contributed by atoms with van der Waals surface area (Å²) in [4.78, 5) is 11.8. The normalized spacial score (nSPS) is 9.55. The molecule has 1 N–H and O–H groups in total. The van der Waals surface area contributed by atoms with E-state index >= 15 is 0 Å². The molecule has 2 rings (SSSR count). The van der Waals surface area contributed by atoms with Gasteiger partial charge in [0, 0.05) is 17.7 Å². The first-order valence-corrected chi connectivity index (χ1v) is 7.15. The molecule has 3 heteroatoms. The van der Waals surface area contributed by atoms with Gasteiger partial charge in [0.2, 0.25) is 0 Å². The van der Waals surface area contributed by atoms with Gasteiger partial charge in [0.1, 0.15) is 5.76 Å². The Kier molecular flexibility index (Phi) is 7.18. The van der Waals surface area contributed by atoms with Crippen molar-refractivity contribution in [1.29, 1.82) is 0 Å². The maximum atomic E-state index is 11.8. The molecule has 0 fully saturated rings. The number of benzene rings is 1. The standard InChI is InChI=1S/C14H15NO2.C3H8/c1-2-8-15-14(16)12-6-3-5-11(10-12)13-7-4-9-17-13;1-3-2/h3-7,9-10H,2,8H2,1H3,(H,15,16);3H2,1-2H3. The van der Waals surface area contributed by atoms with Gasteiger partial charge < -0.3 is 9.73 Å². The lowest BCUT2D eigenvalue weighted by Gasteiger charge is -2.04. The zero-order valence-corrected chi connectivity index (χ0v) is 12.5. The molecule has 0 spiro atoms. The molecule has 0 saturated carbocycles. The first-order valence-electron chi connectivity index (χ1n) is 7.15. The molecule has 0 aliphatic carbocycles. The second-order valence-corrected chi connectivity index (χ2v) is 4.52. The number of hydrogen-bond acceptors (Lipinski definition) is 2. The number of rotatable bonds is 4. The summed E-state index contributed by atoms with van der Waals surface area (Å²) in [5.41, 5.74) is 1.58. The fourth-order valence-electron chi connectivity index (χ4n) is 1.60. The highest BCUT2D eigenvalue weighted by Gasteiger charge is 2.07. The minimum atomic E-state index is -0.0414. The maximum absolute atomic E-state index is 11.8. The molecule has 108 valence electrons. The monoisotopic (exact) mass is 273 g/mol. The lowest BCUT2D eigenvalue weighted by atomic mass is 10.1. The minimum absolute atomic E-state index is 0.0414. The van der Waals surface area contributed by atoms with Gasteiger partial charge >= 0.3 is 0 Å². The Balaban J connectivity index is 0.000000612. The summed E-state index contributed by atoms with van der Waals surface area (Å²) in [5, 5.41) is 2.85. The summed E-state index contributed by atoms with van der Waals surface area (Å²) < 4.78 is 5.30. The van der Waals surface area contributed by atoms with Gasteiger partial charge in [-0.1, -0.05) is 39.3 Å². The third-order valence-electron chi connectivity index (χ3n) is 2.47. The zero-order valence-electron chi connectivity index (χ0n) is 12.5. The number of nitrogens with one attached hydrogen (secondary N) is 1. The van der Waals surface area contributed by atoms with E-state index in [1.165, 1.54) is 6.42 Å². The van der Waals surface area contributed by atoms with Gasteiger partial charge in [-0.05, 0) is 30.7 Å². The van der Waals surface area contributed by atoms with E-state index in [-0.39, 0.29) is 5.91 Å². The molecule has 3 nitrogen and oxygen atoms in total. The lowest BCUT2D eigenvalue weighted by Crippen LogP contribution is -2.23. The number of amides is 1. The number of carbonyl (C=O) groups excluding carboxylic acids is 1. The highest BCUT2D eigenvalue weighted by Crippen LogP contribution is 2.20. The molecule has 0 aliphatic rings. The molecule has 0 radical (unpaired) electrons. The molecule has 0 saturated heterocycles. The second kappa shape index (κ2) is 8.97. The average molecular weight is 273 g/mol. The molecule has 0 bridgehead atoms. The van der Waals surface area contributed by atoms with Gasteiger partial charge in [-0.3, -0.25) is 4.79 Å². The third kappa shape index (κ3) is 4.92. The molecular formula is C17H23NO2. The summed E-state index contributed by atoms with van der Waals surface area (Å²) in [5.74, 6) is 0.732. The highest BCUT2D eigenvalue weighted by molar-refractivity contribution is 5.95. The Hall–Kier alpha value is -2.03. The highest BCUT2D eigenvalue weighted by atomic mass is 16.3. The quantitative estimate of drug-likeness (QED) is 0.891. The van der Waals surface area contributed by atoms with Gasteiger partial charge in [0.05, 0.1) is 6.26 Å². The van der Waals surface area contributed by atoms with E-state index in [9.17, 15) is 4.79 Å². The van der Waals surface area contributed by atoms with E-state index < -0.39 is 0 Å². The SMILES string of the molecule is CCC.CCCNC(=O)c1cccc(-c2ccco2)c1. The van der Waals surface area contributed by atoms with Gasteiger partial charge in [-0.2, -0.15) is 0 Å². The van der Waals surface area contributed by atoms with Crippen LogP contribution in [0.2, 0.25) is 0 Å². The smallest absolute Gasteiger partial charge is 0.251 e. The van der Waals surface area contributed by atoms with Crippen LogP contribution in [-0.4, -0.2) is 12.5 Å². The maximum Gasteiger partial charge on any atom is 0.251 e. The van der Waals surface area contributed by atoms with Crippen molar-refractivity contribution in [2.75, 3.05) is 6.54 Å². The second-order valence-electron chi connectivity index (χ2n) is 4.52. The van der Waals surface area contributed by atoms with E-state index in [4.69, 9.17) is 4.42 Å². The molecule has 1 heterocycles. The van der Waals surface area contributed by atoms with Crippen molar-refractivity contribution in [3.8, 4) is 11.3 Å². The van der Waals surface area contributed by atoms with Crippen molar-refractivity contribution < 1.29 is 9.21 Å². The first kappa shape index (κ1) is 16.0. The van der Waals surface area contributed by atoms with Gasteiger partial charge in [-0.15, -0.1) is 0 Å². The first-order chi connectivity index (χ1) is 9.72. The Morgan fingerprint density at radius 1 is 1.15 bits per heavy atom. The van der Waals surface area contributed by atoms with Crippen LogP contribution in [0.15, 0.2) is 47.1 Å². The van der Waals surface area contributed by atoms with E-state index in [1.807, 2.05) is 37.3 Å². The molecule has 0 aliphatic heterocycles. The summed E-state index contributed by atoms with van der Waals surface area (Å²) >= 11 is 0. The fourth-order valence-corrected chi connectivity index (χ4v) is 1.60. The van der Waals surface area contributed by atoms with Crippen molar-refractivity contribution in [2.45, 2.75) is 33.6 Å². The van der Waals surface area contributed by atoms with E-state index in [0.717, 1.165) is 17.7 Å². The Morgan fingerprint density at radius 3 is 2.50 bits per heavy atom. The molecule has 0 unspecified atom stereocenters. The Bertz CT molecular complexity index is 503. The van der Waals surface area contributed by atoms with E-state index in [0.29, 0.717) is 12.1 Å². The van der Waals surface area contributed by atoms with Crippen LogP contribution in [0.5, 0.6) is 0 Å². The summed E-state index contributed by atoms with van der Waals surface area (Å²) in [7, 11) is 0. The molecule has 2 aromatic rings. The van der Waals surface area contributed by atoms with Crippen molar-refractivity contribution >= 4 is 5.91 Å². The molecule has 0 atom stereocenters. The van der Waals surface area contributed by atoms with Crippen LogP contribution < -0.4 is 5.32 Å². The number of hydrogen-bond donors (Lipinski definition) is 1. The summed E-state index contributed by atoms with van der Waals surface area (Å²) in [6.07, 6.45) is 3.81. The number of furan rings is 1. The summed E-state index contributed by atoms with van der Waals surface area (Å²) in [6, 6.07) is 11.1.